The topological polar surface area (TPSA) is 99.2 Å². The van der Waals surface area contributed by atoms with Crippen molar-refractivity contribution in [1.82, 2.24) is 15.3 Å². The highest BCUT2D eigenvalue weighted by molar-refractivity contribution is 5.98. The van der Waals surface area contributed by atoms with Gasteiger partial charge in [-0.05, 0) is 61.9 Å². The van der Waals surface area contributed by atoms with E-state index < -0.39 is 23.9 Å². The summed E-state index contributed by atoms with van der Waals surface area (Å²) in [6.07, 6.45) is -0.200. The highest BCUT2D eigenvalue weighted by atomic mass is 35.5. The molecule has 0 bridgehead atoms. The first-order chi connectivity index (χ1) is 17.7. The highest BCUT2D eigenvalue weighted by Gasteiger charge is 2.32. The number of fused-ring (bicyclic) bond motifs is 1. The van der Waals surface area contributed by atoms with Crippen molar-refractivity contribution in [2.24, 2.45) is 0 Å². The van der Waals surface area contributed by atoms with Crippen molar-refractivity contribution >= 4 is 35.5 Å². The molecule has 0 spiro atoms. The van der Waals surface area contributed by atoms with Crippen LogP contribution in [0.4, 0.5) is 30.4 Å². The van der Waals surface area contributed by atoms with E-state index in [0.717, 1.165) is 41.8 Å². The Bertz CT molecular complexity index is 1320. The number of halogens is 4. The number of alkyl halides is 3. The van der Waals surface area contributed by atoms with Crippen molar-refractivity contribution in [2.75, 3.05) is 10.6 Å². The van der Waals surface area contributed by atoms with Crippen molar-refractivity contribution in [3.8, 4) is 11.3 Å². The van der Waals surface area contributed by atoms with E-state index in [1.807, 2.05) is 25.1 Å². The second kappa shape index (κ2) is 11.3. The number of aromatic nitrogens is 2. The standard InChI is InChI=1S/C27H28F3N5O2.ClH/c1-15-5-10-22(33-15)26(37)35-24-11-17(27(28,29)30)7-9-19(24)23-13-25(32-14-31-23)34-21-4-2-3-16-6-8-18(36)12-20(16)21;/h2-4,7,9,11,13-15,18,22,33,36H,5-6,8,10,12H2,1H3,(H,35,37)(H,31,32,34);1H/t15-,18-,22+;/m1./s1. The number of nitrogens with one attached hydrogen (secondary N) is 3. The van der Waals surface area contributed by atoms with Gasteiger partial charge < -0.3 is 21.1 Å². The number of hydrogen-bond acceptors (Lipinski definition) is 6. The van der Waals surface area contributed by atoms with Crippen molar-refractivity contribution in [1.29, 1.82) is 0 Å². The number of hydrogen-bond donors (Lipinski definition) is 4. The molecule has 202 valence electrons. The number of aliphatic hydroxyl groups is 1. The van der Waals surface area contributed by atoms with Gasteiger partial charge in [-0.1, -0.05) is 18.2 Å². The largest absolute Gasteiger partial charge is 0.416 e. The monoisotopic (exact) mass is 547 g/mol. The molecule has 7 nitrogen and oxygen atoms in total. The number of carbonyl (C=O) groups excluding carboxylic acids is 1. The van der Waals surface area contributed by atoms with Gasteiger partial charge in [-0.25, -0.2) is 9.97 Å². The molecule has 11 heteroatoms. The fraction of sp³-hybridized carbons (Fsp3) is 0.370. The number of anilines is 3. The first-order valence-electron chi connectivity index (χ1n) is 12.3. The first-order valence-corrected chi connectivity index (χ1v) is 12.3. The maximum absolute atomic E-state index is 13.5. The molecule has 2 aromatic carbocycles. The van der Waals surface area contributed by atoms with Crippen molar-refractivity contribution in [3.63, 3.8) is 0 Å². The summed E-state index contributed by atoms with van der Waals surface area (Å²) in [5, 5.41) is 19.3. The normalized spacial score (nSPS) is 20.8. The second-order valence-electron chi connectivity index (χ2n) is 9.70. The van der Waals surface area contributed by atoms with Gasteiger partial charge in [0.15, 0.2) is 0 Å². The van der Waals surface area contributed by atoms with Crippen LogP contribution in [0.2, 0.25) is 0 Å². The zero-order valence-electron chi connectivity index (χ0n) is 20.7. The molecule has 1 aliphatic heterocycles. The van der Waals surface area contributed by atoms with Gasteiger partial charge in [0.2, 0.25) is 5.91 Å². The molecule has 2 heterocycles. The second-order valence-corrected chi connectivity index (χ2v) is 9.70. The molecule has 1 amide bonds. The Morgan fingerprint density at radius 3 is 2.63 bits per heavy atom. The lowest BCUT2D eigenvalue weighted by molar-refractivity contribution is -0.137. The fourth-order valence-corrected chi connectivity index (χ4v) is 5.00. The zero-order chi connectivity index (χ0) is 26.2. The van der Waals surface area contributed by atoms with Crippen LogP contribution in [0, 0.1) is 0 Å². The van der Waals surface area contributed by atoms with E-state index in [1.165, 1.54) is 12.4 Å². The van der Waals surface area contributed by atoms with Crippen LogP contribution in [0.15, 0.2) is 48.8 Å². The van der Waals surface area contributed by atoms with E-state index in [1.54, 1.807) is 6.07 Å². The predicted octanol–water partition coefficient (Wildman–Crippen LogP) is 5.26. The third-order valence-corrected chi connectivity index (χ3v) is 6.96. The average Bonchev–Trinajstić information content (AvgIpc) is 3.30. The Morgan fingerprint density at radius 1 is 1.08 bits per heavy atom. The molecule has 3 atom stereocenters. The summed E-state index contributed by atoms with van der Waals surface area (Å²) >= 11 is 0. The molecule has 2 aliphatic rings. The molecule has 1 fully saturated rings. The molecule has 1 aliphatic carbocycles. The van der Waals surface area contributed by atoms with E-state index in [2.05, 4.69) is 25.9 Å². The van der Waals surface area contributed by atoms with E-state index in [9.17, 15) is 23.1 Å². The number of benzene rings is 2. The Labute approximate surface area is 224 Å². The summed E-state index contributed by atoms with van der Waals surface area (Å²) in [6, 6.07) is 10.4. The Kier molecular flexibility index (Phi) is 8.25. The maximum atomic E-state index is 13.5. The van der Waals surface area contributed by atoms with Crippen molar-refractivity contribution in [3.05, 3.63) is 65.5 Å². The minimum Gasteiger partial charge on any atom is -0.393 e. The van der Waals surface area contributed by atoms with Gasteiger partial charge in [-0.3, -0.25) is 4.79 Å². The molecular formula is C27H29ClF3N5O2. The lowest BCUT2D eigenvalue weighted by Crippen LogP contribution is -2.38. The van der Waals surface area contributed by atoms with Gasteiger partial charge in [0.1, 0.15) is 12.1 Å². The van der Waals surface area contributed by atoms with Gasteiger partial charge in [0.25, 0.3) is 0 Å². The van der Waals surface area contributed by atoms with Gasteiger partial charge >= 0.3 is 6.18 Å². The number of amides is 1. The van der Waals surface area contributed by atoms with Gasteiger partial charge in [-0.2, -0.15) is 13.2 Å². The lowest BCUT2D eigenvalue weighted by Gasteiger charge is -2.23. The fourth-order valence-electron chi connectivity index (χ4n) is 5.00. The van der Waals surface area contributed by atoms with Crippen LogP contribution in [-0.4, -0.2) is 39.2 Å². The van der Waals surface area contributed by atoms with E-state index in [-0.39, 0.29) is 30.0 Å². The lowest BCUT2D eigenvalue weighted by atomic mass is 9.88. The summed E-state index contributed by atoms with van der Waals surface area (Å²) in [6.45, 7) is 1.96. The summed E-state index contributed by atoms with van der Waals surface area (Å²) in [5.74, 6) is 0.0636. The van der Waals surface area contributed by atoms with E-state index >= 15 is 0 Å². The number of aliphatic hydroxyl groups excluding tert-OH is 1. The predicted molar refractivity (Wildman–Crippen MR) is 142 cm³/mol. The molecule has 4 N–H and O–H groups in total. The summed E-state index contributed by atoms with van der Waals surface area (Å²) in [4.78, 5) is 21.4. The average molecular weight is 548 g/mol. The molecule has 3 aromatic rings. The van der Waals surface area contributed by atoms with Crippen LogP contribution in [0.25, 0.3) is 11.3 Å². The maximum Gasteiger partial charge on any atom is 0.416 e. The van der Waals surface area contributed by atoms with Gasteiger partial charge in [0, 0.05) is 29.8 Å². The number of nitrogens with zero attached hydrogens (tertiary/aromatic N) is 2. The third-order valence-electron chi connectivity index (χ3n) is 6.96. The van der Waals surface area contributed by atoms with Crippen LogP contribution in [0.3, 0.4) is 0 Å². The van der Waals surface area contributed by atoms with Gasteiger partial charge in [-0.15, -0.1) is 12.4 Å². The Hall–Kier alpha value is -3.21. The molecule has 1 aromatic heterocycles. The van der Waals surface area contributed by atoms with Crippen molar-refractivity contribution < 1.29 is 23.1 Å². The van der Waals surface area contributed by atoms with E-state index in [4.69, 9.17) is 0 Å². The third kappa shape index (κ3) is 6.09. The van der Waals surface area contributed by atoms with Crippen molar-refractivity contribution in [2.45, 2.75) is 63.4 Å². The quantitative estimate of drug-likeness (QED) is 0.348. The van der Waals surface area contributed by atoms with Crippen LogP contribution < -0.4 is 16.0 Å². The molecule has 1 saturated heterocycles. The number of carbonyl (C=O) groups is 1. The molecular weight excluding hydrogens is 519 g/mol. The molecule has 0 radical (unpaired) electrons. The molecule has 5 rings (SSSR count). The minimum atomic E-state index is -4.56. The molecule has 0 unspecified atom stereocenters. The molecule has 0 saturated carbocycles. The van der Waals surface area contributed by atoms with Crippen LogP contribution in [-0.2, 0) is 23.8 Å². The highest BCUT2D eigenvalue weighted by Crippen LogP contribution is 2.36. The smallest absolute Gasteiger partial charge is 0.393 e. The van der Waals surface area contributed by atoms with Gasteiger partial charge in [0.05, 0.1) is 29.1 Å². The summed E-state index contributed by atoms with van der Waals surface area (Å²) in [5.41, 5.74) is 2.87. The minimum absolute atomic E-state index is 0. The van der Waals surface area contributed by atoms with Crippen LogP contribution in [0.1, 0.15) is 42.9 Å². The summed E-state index contributed by atoms with van der Waals surface area (Å²) < 4.78 is 40.5. The van der Waals surface area contributed by atoms with Crippen LogP contribution in [0.5, 0.6) is 0 Å². The van der Waals surface area contributed by atoms with Crippen LogP contribution >= 0.6 is 12.4 Å². The first kappa shape index (κ1) is 27.8. The zero-order valence-corrected chi connectivity index (χ0v) is 21.5. The SMILES string of the molecule is C[C@@H]1CC[C@@H](C(=O)Nc2cc(C(F)(F)F)ccc2-c2cc(Nc3cccc4c3C[C@H](O)CC4)ncn2)N1.Cl. The van der Waals surface area contributed by atoms with E-state index in [0.29, 0.717) is 36.3 Å². The summed E-state index contributed by atoms with van der Waals surface area (Å²) in [7, 11) is 0. The number of aryl methyl sites for hydroxylation is 1. The Morgan fingerprint density at radius 2 is 1.89 bits per heavy atom. The Balaban J connectivity index is 0.00000336. The molecule has 38 heavy (non-hydrogen) atoms. The number of rotatable bonds is 5.